The van der Waals surface area contributed by atoms with Crippen LogP contribution in [0.5, 0.6) is 5.75 Å². The van der Waals surface area contributed by atoms with E-state index in [0.717, 1.165) is 29.8 Å². The van der Waals surface area contributed by atoms with E-state index in [9.17, 15) is 5.11 Å². The highest BCUT2D eigenvalue weighted by Gasteiger charge is 2.24. The smallest absolute Gasteiger partial charge is 0.191 e. The van der Waals surface area contributed by atoms with Crippen LogP contribution in [0.4, 0.5) is 0 Å². The van der Waals surface area contributed by atoms with Crippen molar-refractivity contribution in [3.8, 4) is 5.75 Å². The highest BCUT2D eigenvalue weighted by Crippen LogP contribution is 2.20. The van der Waals surface area contributed by atoms with Crippen LogP contribution in [0.15, 0.2) is 35.6 Å². The number of guanidine groups is 1. The fraction of sp³-hybridized carbons (Fsp3) is 0.500. The van der Waals surface area contributed by atoms with Gasteiger partial charge in [0.15, 0.2) is 5.96 Å². The molecule has 0 bridgehead atoms. The van der Waals surface area contributed by atoms with Gasteiger partial charge in [-0.15, -0.1) is 0 Å². The van der Waals surface area contributed by atoms with Gasteiger partial charge in [-0.3, -0.25) is 4.68 Å². The predicted molar refractivity (Wildman–Crippen MR) is 108 cm³/mol. The monoisotopic (exact) mass is 373 g/mol. The topological polar surface area (TPSA) is 83.7 Å². The SMILES string of the molecule is CCNC(=NCC(C)(O)c1cnn(C)c1)NCCc1cc(C)ccc1OC. The van der Waals surface area contributed by atoms with Gasteiger partial charge in [0.25, 0.3) is 0 Å². The Kier molecular flexibility index (Phi) is 7.24. The molecule has 3 N–H and O–H groups in total. The number of benzene rings is 1. The van der Waals surface area contributed by atoms with Crippen LogP contribution in [0.3, 0.4) is 0 Å². The van der Waals surface area contributed by atoms with E-state index >= 15 is 0 Å². The quantitative estimate of drug-likeness (QED) is 0.485. The number of nitrogens with one attached hydrogen (secondary N) is 2. The van der Waals surface area contributed by atoms with Crippen molar-refractivity contribution < 1.29 is 9.84 Å². The van der Waals surface area contributed by atoms with Gasteiger partial charge in [-0.1, -0.05) is 17.7 Å². The van der Waals surface area contributed by atoms with Gasteiger partial charge in [-0.2, -0.15) is 5.10 Å². The molecule has 1 aromatic carbocycles. The first-order valence-corrected chi connectivity index (χ1v) is 9.23. The summed E-state index contributed by atoms with van der Waals surface area (Å²) in [6.45, 7) is 7.52. The van der Waals surface area contributed by atoms with E-state index < -0.39 is 5.60 Å². The van der Waals surface area contributed by atoms with E-state index in [0.29, 0.717) is 12.5 Å². The molecule has 0 aliphatic heterocycles. The standard InChI is InChI=1S/C20H31N5O2/c1-6-21-19(23-14-20(3,26)17-12-24-25(4)13-17)22-10-9-16-11-15(2)7-8-18(16)27-5/h7-8,11-13,26H,6,9-10,14H2,1-5H3,(H2,21,22,23). The molecule has 0 amide bonds. The summed E-state index contributed by atoms with van der Waals surface area (Å²) in [5.41, 5.74) is 2.03. The Morgan fingerprint density at radius 3 is 2.78 bits per heavy atom. The lowest BCUT2D eigenvalue weighted by Crippen LogP contribution is -2.39. The zero-order valence-electron chi connectivity index (χ0n) is 16.9. The molecule has 0 saturated carbocycles. The highest BCUT2D eigenvalue weighted by atomic mass is 16.5. The molecule has 27 heavy (non-hydrogen) atoms. The van der Waals surface area contributed by atoms with Crippen LogP contribution >= 0.6 is 0 Å². The van der Waals surface area contributed by atoms with Crippen LogP contribution in [0, 0.1) is 6.92 Å². The van der Waals surface area contributed by atoms with Crippen LogP contribution < -0.4 is 15.4 Å². The molecule has 1 atom stereocenters. The molecule has 0 saturated heterocycles. The summed E-state index contributed by atoms with van der Waals surface area (Å²) < 4.78 is 7.11. The highest BCUT2D eigenvalue weighted by molar-refractivity contribution is 5.79. The average Bonchev–Trinajstić information content (AvgIpc) is 3.07. The molecule has 1 heterocycles. The fourth-order valence-corrected chi connectivity index (χ4v) is 2.78. The number of aliphatic imine (C=N–C) groups is 1. The summed E-state index contributed by atoms with van der Waals surface area (Å²) in [4.78, 5) is 4.54. The molecule has 1 aromatic heterocycles. The van der Waals surface area contributed by atoms with Crippen molar-refractivity contribution in [3.63, 3.8) is 0 Å². The lowest BCUT2D eigenvalue weighted by Gasteiger charge is -2.20. The molecular formula is C20H31N5O2. The lowest BCUT2D eigenvalue weighted by atomic mass is 10.0. The van der Waals surface area contributed by atoms with E-state index in [2.05, 4.69) is 33.7 Å². The number of aromatic nitrogens is 2. The van der Waals surface area contributed by atoms with Crippen molar-refractivity contribution in [2.75, 3.05) is 26.7 Å². The molecule has 0 aliphatic rings. The van der Waals surface area contributed by atoms with Gasteiger partial charge < -0.3 is 20.5 Å². The molecular weight excluding hydrogens is 342 g/mol. The molecule has 7 nitrogen and oxygen atoms in total. The lowest BCUT2D eigenvalue weighted by molar-refractivity contribution is 0.0672. The number of methoxy groups -OCH3 is 1. The summed E-state index contributed by atoms with van der Waals surface area (Å²) in [6, 6.07) is 6.18. The first kappa shape index (κ1) is 20.8. The van der Waals surface area contributed by atoms with Crippen molar-refractivity contribution in [1.82, 2.24) is 20.4 Å². The molecule has 148 valence electrons. The maximum absolute atomic E-state index is 10.7. The minimum absolute atomic E-state index is 0.238. The van der Waals surface area contributed by atoms with Crippen molar-refractivity contribution in [2.45, 2.75) is 32.8 Å². The molecule has 7 heteroatoms. The van der Waals surface area contributed by atoms with Gasteiger partial charge in [-0.05, 0) is 38.8 Å². The van der Waals surface area contributed by atoms with Crippen LogP contribution in [-0.2, 0) is 19.1 Å². The molecule has 0 radical (unpaired) electrons. The third-order valence-corrected chi connectivity index (χ3v) is 4.34. The molecule has 2 aromatic rings. The van der Waals surface area contributed by atoms with Crippen LogP contribution in [0.25, 0.3) is 0 Å². The first-order valence-electron chi connectivity index (χ1n) is 9.23. The van der Waals surface area contributed by atoms with Crippen LogP contribution in [-0.4, -0.2) is 47.6 Å². The Bertz CT molecular complexity index is 767. The molecule has 0 fully saturated rings. The maximum Gasteiger partial charge on any atom is 0.191 e. The summed E-state index contributed by atoms with van der Waals surface area (Å²) >= 11 is 0. The number of hydrogen-bond acceptors (Lipinski definition) is 4. The van der Waals surface area contributed by atoms with Gasteiger partial charge >= 0.3 is 0 Å². The third kappa shape index (κ3) is 5.99. The van der Waals surface area contributed by atoms with Crippen molar-refractivity contribution in [1.29, 1.82) is 0 Å². The zero-order valence-corrected chi connectivity index (χ0v) is 16.9. The van der Waals surface area contributed by atoms with Gasteiger partial charge in [-0.25, -0.2) is 4.99 Å². The van der Waals surface area contributed by atoms with Crippen molar-refractivity contribution in [3.05, 3.63) is 47.3 Å². The fourth-order valence-electron chi connectivity index (χ4n) is 2.78. The van der Waals surface area contributed by atoms with Crippen molar-refractivity contribution >= 4 is 5.96 Å². The summed E-state index contributed by atoms with van der Waals surface area (Å²) in [5.74, 6) is 1.57. The van der Waals surface area contributed by atoms with E-state index in [4.69, 9.17) is 4.74 Å². The second-order valence-corrected chi connectivity index (χ2v) is 6.86. The Labute approximate surface area is 161 Å². The minimum Gasteiger partial charge on any atom is -0.496 e. The Morgan fingerprint density at radius 2 is 2.15 bits per heavy atom. The number of rotatable bonds is 8. The van der Waals surface area contributed by atoms with Gasteiger partial charge in [0.2, 0.25) is 0 Å². The van der Waals surface area contributed by atoms with Gasteiger partial charge in [0, 0.05) is 31.9 Å². The Morgan fingerprint density at radius 1 is 1.37 bits per heavy atom. The second kappa shape index (κ2) is 9.41. The molecule has 0 spiro atoms. The van der Waals surface area contributed by atoms with E-state index in [1.54, 1.807) is 31.1 Å². The predicted octanol–water partition coefficient (Wildman–Crippen LogP) is 1.74. The maximum atomic E-state index is 10.7. The zero-order chi connectivity index (χ0) is 19.9. The summed E-state index contributed by atoms with van der Waals surface area (Å²) in [7, 11) is 3.52. The largest absolute Gasteiger partial charge is 0.496 e. The average molecular weight is 374 g/mol. The molecule has 1 unspecified atom stereocenters. The van der Waals surface area contributed by atoms with E-state index in [1.165, 1.54) is 5.56 Å². The minimum atomic E-state index is -1.07. The second-order valence-electron chi connectivity index (χ2n) is 6.86. The molecule has 2 rings (SSSR count). The third-order valence-electron chi connectivity index (χ3n) is 4.34. The Hall–Kier alpha value is -2.54. The number of ether oxygens (including phenoxy) is 1. The van der Waals surface area contributed by atoms with Gasteiger partial charge in [0.1, 0.15) is 11.4 Å². The number of hydrogen-bond donors (Lipinski definition) is 3. The number of nitrogens with zero attached hydrogens (tertiary/aromatic N) is 3. The summed E-state index contributed by atoms with van der Waals surface area (Å²) in [5, 5.41) is 21.3. The van der Waals surface area contributed by atoms with Crippen LogP contribution in [0.2, 0.25) is 0 Å². The summed E-state index contributed by atoms with van der Waals surface area (Å²) in [6.07, 6.45) is 4.29. The normalized spacial score (nSPS) is 13.9. The molecule has 0 aliphatic carbocycles. The van der Waals surface area contributed by atoms with Crippen molar-refractivity contribution in [2.24, 2.45) is 12.0 Å². The number of aryl methyl sites for hydroxylation is 2. The Balaban J connectivity index is 1.98. The van der Waals surface area contributed by atoms with E-state index in [-0.39, 0.29) is 6.54 Å². The van der Waals surface area contributed by atoms with Gasteiger partial charge in [0.05, 0.1) is 19.9 Å². The number of aliphatic hydroxyl groups is 1. The first-order chi connectivity index (χ1) is 12.9. The van der Waals surface area contributed by atoms with E-state index in [1.807, 2.05) is 26.1 Å². The van der Waals surface area contributed by atoms with Crippen LogP contribution in [0.1, 0.15) is 30.5 Å².